The lowest BCUT2D eigenvalue weighted by atomic mass is 10.0. The summed E-state index contributed by atoms with van der Waals surface area (Å²) in [5, 5.41) is 6.38. The molecule has 0 aromatic rings. The summed E-state index contributed by atoms with van der Waals surface area (Å²) in [5.74, 6) is 0.438. The Morgan fingerprint density at radius 2 is 2.29 bits per heavy atom. The summed E-state index contributed by atoms with van der Waals surface area (Å²) in [6, 6.07) is 0.349. The number of hydrogen-bond acceptors (Lipinski definition) is 2. The molecule has 3 heteroatoms. The minimum absolute atomic E-state index is 0.192. The van der Waals surface area contributed by atoms with Crippen LogP contribution in [0.4, 0.5) is 0 Å². The molecule has 1 saturated carbocycles. The van der Waals surface area contributed by atoms with Crippen LogP contribution in [0, 0.1) is 11.3 Å². The van der Waals surface area contributed by atoms with Crippen LogP contribution in [0.5, 0.6) is 0 Å². The van der Waals surface area contributed by atoms with Crippen LogP contribution in [-0.4, -0.2) is 25.0 Å². The number of carbonyl (C=O) groups is 1. The third-order valence-corrected chi connectivity index (χ3v) is 3.65. The van der Waals surface area contributed by atoms with Crippen LogP contribution in [0.15, 0.2) is 0 Å². The molecule has 2 rings (SSSR count). The van der Waals surface area contributed by atoms with Crippen molar-refractivity contribution in [2.45, 2.75) is 39.2 Å². The Bertz CT molecular complexity index is 235. The Kier molecular flexibility index (Phi) is 2.52. The van der Waals surface area contributed by atoms with Gasteiger partial charge in [0.25, 0.3) is 0 Å². The van der Waals surface area contributed by atoms with E-state index in [1.165, 1.54) is 12.8 Å². The quantitative estimate of drug-likeness (QED) is 0.704. The van der Waals surface area contributed by atoms with E-state index < -0.39 is 0 Å². The molecular formula is C11H20N2O. The van der Waals surface area contributed by atoms with E-state index in [4.69, 9.17) is 0 Å². The lowest BCUT2D eigenvalue weighted by Gasteiger charge is -2.16. The van der Waals surface area contributed by atoms with Gasteiger partial charge in [-0.05, 0) is 38.1 Å². The van der Waals surface area contributed by atoms with Gasteiger partial charge in [0.2, 0.25) is 5.91 Å². The summed E-state index contributed by atoms with van der Waals surface area (Å²) in [4.78, 5) is 11.8. The number of carbonyl (C=O) groups excluding carboxylic acids is 1. The fourth-order valence-corrected chi connectivity index (χ4v) is 2.04. The molecule has 1 aliphatic heterocycles. The Labute approximate surface area is 85.6 Å². The zero-order chi connectivity index (χ0) is 10.2. The summed E-state index contributed by atoms with van der Waals surface area (Å²) in [6.07, 6.45) is 3.53. The number of nitrogens with one attached hydrogen (secondary N) is 2. The van der Waals surface area contributed by atoms with Gasteiger partial charge in [-0.15, -0.1) is 0 Å². The molecule has 2 atom stereocenters. The van der Waals surface area contributed by atoms with Crippen molar-refractivity contribution < 1.29 is 4.79 Å². The lowest BCUT2D eigenvalue weighted by Crippen LogP contribution is -2.38. The van der Waals surface area contributed by atoms with Gasteiger partial charge in [-0.25, -0.2) is 0 Å². The van der Waals surface area contributed by atoms with Crippen LogP contribution in [-0.2, 0) is 4.79 Å². The SMILES string of the molecule is CC1NCCC1C(=O)NCC1(C)CC1. The molecule has 2 fully saturated rings. The van der Waals surface area contributed by atoms with Crippen molar-refractivity contribution >= 4 is 5.91 Å². The molecule has 0 bridgehead atoms. The van der Waals surface area contributed by atoms with Crippen molar-refractivity contribution in [3.63, 3.8) is 0 Å². The predicted molar refractivity (Wildman–Crippen MR) is 55.9 cm³/mol. The van der Waals surface area contributed by atoms with Crippen LogP contribution in [0.25, 0.3) is 0 Å². The molecule has 1 saturated heterocycles. The maximum Gasteiger partial charge on any atom is 0.224 e. The second-order valence-corrected chi connectivity index (χ2v) is 5.17. The molecule has 0 aromatic heterocycles. The Hall–Kier alpha value is -0.570. The first-order valence-corrected chi connectivity index (χ1v) is 5.62. The first-order chi connectivity index (χ1) is 6.61. The fraction of sp³-hybridized carbons (Fsp3) is 0.909. The van der Waals surface area contributed by atoms with E-state index in [0.29, 0.717) is 11.5 Å². The van der Waals surface area contributed by atoms with Crippen molar-refractivity contribution in [2.24, 2.45) is 11.3 Å². The zero-order valence-corrected chi connectivity index (χ0v) is 9.10. The van der Waals surface area contributed by atoms with Crippen molar-refractivity contribution in [1.29, 1.82) is 0 Å². The Morgan fingerprint density at radius 3 is 2.79 bits per heavy atom. The number of rotatable bonds is 3. The molecule has 0 spiro atoms. The van der Waals surface area contributed by atoms with E-state index in [9.17, 15) is 4.79 Å². The van der Waals surface area contributed by atoms with E-state index in [1.54, 1.807) is 0 Å². The second kappa shape index (κ2) is 3.54. The average molecular weight is 196 g/mol. The molecule has 3 nitrogen and oxygen atoms in total. The maximum absolute atomic E-state index is 11.8. The standard InChI is InChI=1S/C11H20N2O/c1-8-9(3-6-12-8)10(14)13-7-11(2)4-5-11/h8-9,12H,3-7H2,1-2H3,(H,13,14). The monoisotopic (exact) mass is 196 g/mol. The van der Waals surface area contributed by atoms with E-state index >= 15 is 0 Å². The minimum atomic E-state index is 0.192. The summed E-state index contributed by atoms with van der Waals surface area (Å²) >= 11 is 0. The molecule has 80 valence electrons. The second-order valence-electron chi connectivity index (χ2n) is 5.17. The molecule has 2 unspecified atom stereocenters. The Balaban J connectivity index is 1.77. The van der Waals surface area contributed by atoms with Gasteiger partial charge >= 0.3 is 0 Å². The molecule has 2 N–H and O–H groups in total. The maximum atomic E-state index is 11.8. The third-order valence-electron chi connectivity index (χ3n) is 3.65. The molecule has 0 aromatic carbocycles. The number of amides is 1. The van der Waals surface area contributed by atoms with E-state index in [0.717, 1.165) is 19.5 Å². The van der Waals surface area contributed by atoms with Gasteiger partial charge in [-0.1, -0.05) is 6.92 Å². The normalized spacial score (nSPS) is 34.1. The summed E-state index contributed by atoms with van der Waals surface area (Å²) in [5.41, 5.74) is 0.422. The third kappa shape index (κ3) is 2.08. The van der Waals surface area contributed by atoms with Crippen molar-refractivity contribution in [1.82, 2.24) is 10.6 Å². The highest BCUT2D eigenvalue weighted by Crippen LogP contribution is 2.44. The molecule has 1 aliphatic carbocycles. The topological polar surface area (TPSA) is 41.1 Å². The van der Waals surface area contributed by atoms with Crippen LogP contribution in [0.2, 0.25) is 0 Å². The summed E-state index contributed by atoms with van der Waals surface area (Å²) < 4.78 is 0. The largest absolute Gasteiger partial charge is 0.355 e. The summed E-state index contributed by atoms with van der Waals surface area (Å²) in [7, 11) is 0. The van der Waals surface area contributed by atoms with Gasteiger partial charge in [-0.2, -0.15) is 0 Å². The van der Waals surface area contributed by atoms with E-state index in [-0.39, 0.29) is 11.8 Å². The average Bonchev–Trinajstić information content (AvgIpc) is 2.72. The molecule has 0 radical (unpaired) electrons. The minimum Gasteiger partial charge on any atom is -0.355 e. The first kappa shape index (κ1) is 9.97. The fourth-order valence-electron chi connectivity index (χ4n) is 2.04. The van der Waals surface area contributed by atoms with Crippen molar-refractivity contribution in [2.75, 3.05) is 13.1 Å². The van der Waals surface area contributed by atoms with Gasteiger partial charge in [-0.3, -0.25) is 4.79 Å². The smallest absolute Gasteiger partial charge is 0.224 e. The van der Waals surface area contributed by atoms with Crippen molar-refractivity contribution in [3.8, 4) is 0 Å². The molecule has 2 aliphatic rings. The van der Waals surface area contributed by atoms with Gasteiger partial charge in [0.1, 0.15) is 0 Å². The lowest BCUT2D eigenvalue weighted by molar-refractivity contribution is -0.125. The van der Waals surface area contributed by atoms with E-state index in [1.807, 2.05) is 0 Å². The highest BCUT2D eigenvalue weighted by molar-refractivity contribution is 5.79. The number of hydrogen-bond donors (Lipinski definition) is 2. The molecular weight excluding hydrogens is 176 g/mol. The predicted octanol–water partition coefficient (Wildman–Crippen LogP) is 0.901. The van der Waals surface area contributed by atoms with E-state index in [2.05, 4.69) is 24.5 Å². The first-order valence-electron chi connectivity index (χ1n) is 5.62. The highest BCUT2D eigenvalue weighted by Gasteiger charge is 2.38. The van der Waals surface area contributed by atoms with Crippen molar-refractivity contribution in [3.05, 3.63) is 0 Å². The molecule has 1 heterocycles. The Morgan fingerprint density at radius 1 is 1.57 bits per heavy atom. The van der Waals surface area contributed by atoms with Gasteiger partial charge in [0.15, 0.2) is 0 Å². The summed E-state index contributed by atoms with van der Waals surface area (Å²) in [6.45, 7) is 6.19. The van der Waals surface area contributed by atoms with Crippen LogP contribution in [0.1, 0.15) is 33.1 Å². The highest BCUT2D eigenvalue weighted by atomic mass is 16.1. The van der Waals surface area contributed by atoms with Gasteiger partial charge < -0.3 is 10.6 Å². The van der Waals surface area contributed by atoms with Crippen LogP contribution < -0.4 is 10.6 Å². The van der Waals surface area contributed by atoms with Gasteiger partial charge in [0.05, 0.1) is 5.92 Å². The van der Waals surface area contributed by atoms with Crippen LogP contribution >= 0.6 is 0 Å². The van der Waals surface area contributed by atoms with Crippen LogP contribution in [0.3, 0.4) is 0 Å². The molecule has 14 heavy (non-hydrogen) atoms. The zero-order valence-electron chi connectivity index (χ0n) is 9.10. The van der Waals surface area contributed by atoms with Gasteiger partial charge in [0, 0.05) is 12.6 Å². The molecule has 1 amide bonds.